The molecule has 0 atom stereocenters. The summed E-state index contributed by atoms with van der Waals surface area (Å²) in [5.41, 5.74) is 1.71. The Bertz CT molecular complexity index is 649. The monoisotopic (exact) mass is 338 g/mol. The summed E-state index contributed by atoms with van der Waals surface area (Å²) < 4.78 is 13.8. The normalized spacial score (nSPS) is 10.3. The number of anilines is 2. The van der Waals surface area contributed by atoms with E-state index in [0.29, 0.717) is 22.3 Å². The van der Waals surface area contributed by atoms with Crippen LogP contribution in [0.5, 0.6) is 0 Å². The fourth-order valence-corrected chi connectivity index (χ4v) is 2.38. The number of benzene rings is 2. The van der Waals surface area contributed by atoms with E-state index in [1.165, 1.54) is 12.1 Å². The van der Waals surface area contributed by atoms with Gasteiger partial charge >= 0.3 is 0 Å². The van der Waals surface area contributed by atoms with Crippen molar-refractivity contribution in [2.24, 2.45) is 0 Å². The highest BCUT2D eigenvalue weighted by atomic mass is 79.9. The van der Waals surface area contributed by atoms with Crippen molar-refractivity contribution in [3.63, 3.8) is 0 Å². The van der Waals surface area contributed by atoms with E-state index in [1.807, 2.05) is 0 Å². The molecule has 0 saturated heterocycles. The second kappa shape index (κ2) is 6.00. The summed E-state index contributed by atoms with van der Waals surface area (Å²) in [5, 5.41) is 11.3. The molecule has 0 radical (unpaired) electrons. The maximum Gasteiger partial charge on any atom is 0.273 e. The molecule has 0 aliphatic carbocycles. The number of alkyl halides is 1. The van der Waals surface area contributed by atoms with Gasteiger partial charge in [-0.3, -0.25) is 10.1 Å². The van der Waals surface area contributed by atoms with Crippen molar-refractivity contribution < 1.29 is 9.31 Å². The largest absolute Gasteiger partial charge is 0.342 e. The van der Waals surface area contributed by atoms with Gasteiger partial charge in [-0.15, -0.1) is 0 Å². The van der Waals surface area contributed by atoms with Crippen molar-refractivity contribution in [3.8, 4) is 0 Å². The van der Waals surface area contributed by atoms with Gasteiger partial charge in [-0.2, -0.15) is 0 Å². The predicted octanol–water partition coefficient (Wildman–Crippen LogP) is 4.40. The molecule has 0 fully saturated rings. The van der Waals surface area contributed by atoms with Crippen molar-refractivity contribution in [1.82, 2.24) is 0 Å². The summed E-state index contributed by atoms with van der Waals surface area (Å²) in [6, 6.07) is 11.1. The second-order valence-corrected chi connectivity index (χ2v) is 4.77. The molecule has 2 aromatic rings. The number of para-hydroxylation sites is 1. The van der Waals surface area contributed by atoms with Crippen LogP contribution in [0, 0.1) is 15.9 Å². The van der Waals surface area contributed by atoms with Crippen LogP contribution in [0.2, 0.25) is 0 Å². The molecule has 0 amide bonds. The van der Waals surface area contributed by atoms with Crippen LogP contribution >= 0.6 is 15.9 Å². The molecule has 0 spiro atoms. The summed E-state index contributed by atoms with van der Waals surface area (Å²) in [6.07, 6.45) is 0. The zero-order valence-corrected chi connectivity index (χ0v) is 12.3. The van der Waals surface area contributed by atoms with Gasteiger partial charge in [0.05, 0.1) is 10.6 Å². The van der Waals surface area contributed by atoms with Crippen LogP contribution in [0.1, 0.15) is 5.56 Å². The van der Waals surface area contributed by atoms with Crippen LogP contribution in [0.25, 0.3) is 0 Å². The molecule has 0 N–H and O–H groups in total. The van der Waals surface area contributed by atoms with Gasteiger partial charge in [-0.25, -0.2) is 4.39 Å². The first-order chi connectivity index (χ1) is 9.54. The van der Waals surface area contributed by atoms with Crippen molar-refractivity contribution in [2.75, 3.05) is 11.9 Å². The predicted molar refractivity (Wildman–Crippen MR) is 80.2 cm³/mol. The van der Waals surface area contributed by atoms with E-state index in [-0.39, 0.29) is 11.5 Å². The standard InChI is InChI=1S/C14H12BrFN2O2/c1-17(14-5-3-2-4-12(14)16)11-6-7-13(18(19)20)10(8-11)9-15/h2-8H,9H2,1H3. The average Bonchev–Trinajstić information content (AvgIpc) is 2.46. The second-order valence-electron chi connectivity index (χ2n) is 4.21. The Kier molecular flexibility index (Phi) is 4.34. The Morgan fingerprint density at radius 3 is 2.60 bits per heavy atom. The number of rotatable bonds is 4. The van der Waals surface area contributed by atoms with E-state index < -0.39 is 4.92 Å². The topological polar surface area (TPSA) is 46.4 Å². The van der Waals surface area contributed by atoms with Gasteiger partial charge < -0.3 is 4.90 Å². The number of nitro benzene ring substituents is 1. The zero-order chi connectivity index (χ0) is 14.7. The average molecular weight is 339 g/mol. The maximum atomic E-state index is 13.8. The number of hydrogen-bond donors (Lipinski definition) is 0. The minimum Gasteiger partial charge on any atom is -0.342 e. The van der Waals surface area contributed by atoms with E-state index in [9.17, 15) is 14.5 Å². The zero-order valence-electron chi connectivity index (χ0n) is 10.7. The summed E-state index contributed by atoms with van der Waals surface area (Å²) in [7, 11) is 1.72. The van der Waals surface area contributed by atoms with Crippen molar-refractivity contribution >= 4 is 33.0 Å². The summed E-state index contributed by atoms with van der Waals surface area (Å²) in [4.78, 5) is 12.1. The lowest BCUT2D eigenvalue weighted by molar-refractivity contribution is -0.385. The van der Waals surface area contributed by atoms with Gasteiger partial charge in [0.25, 0.3) is 5.69 Å². The van der Waals surface area contributed by atoms with E-state index >= 15 is 0 Å². The van der Waals surface area contributed by atoms with E-state index in [1.54, 1.807) is 42.3 Å². The number of halogens is 2. The SMILES string of the molecule is CN(c1ccc([N+](=O)[O-])c(CBr)c1)c1ccccc1F. The van der Waals surface area contributed by atoms with E-state index in [2.05, 4.69) is 15.9 Å². The van der Waals surface area contributed by atoms with Crippen molar-refractivity contribution in [2.45, 2.75) is 5.33 Å². The highest BCUT2D eigenvalue weighted by molar-refractivity contribution is 9.08. The Morgan fingerprint density at radius 2 is 2.00 bits per heavy atom. The van der Waals surface area contributed by atoms with Crippen LogP contribution in [-0.2, 0) is 5.33 Å². The molecule has 20 heavy (non-hydrogen) atoms. The van der Waals surface area contributed by atoms with Gasteiger partial charge in [-0.05, 0) is 24.3 Å². The smallest absolute Gasteiger partial charge is 0.273 e. The molecule has 4 nitrogen and oxygen atoms in total. The first kappa shape index (κ1) is 14.5. The van der Waals surface area contributed by atoms with E-state index in [4.69, 9.17) is 0 Å². The molecule has 2 aromatic carbocycles. The third-order valence-electron chi connectivity index (χ3n) is 3.00. The molecule has 104 valence electrons. The van der Waals surface area contributed by atoms with Crippen molar-refractivity contribution in [3.05, 3.63) is 64.0 Å². The van der Waals surface area contributed by atoms with Crippen LogP contribution in [-0.4, -0.2) is 12.0 Å². The highest BCUT2D eigenvalue weighted by Crippen LogP contribution is 2.31. The van der Waals surface area contributed by atoms with Gasteiger partial charge in [-0.1, -0.05) is 28.1 Å². The Balaban J connectivity index is 2.43. The van der Waals surface area contributed by atoms with Gasteiger partial charge in [0.2, 0.25) is 0 Å². The molecular weight excluding hydrogens is 327 g/mol. The first-order valence-electron chi connectivity index (χ1n) is 5.86. The molecule has 0 bridgehead atoms. The lowest BCUT2D eigenvalue weighted by Gasteiger charge is -2.20. The lowest BCUT2D eigenvalue weighted by atomic mass is 10.1. The number of nitro groups is 1. The minimum absolute atomic E-state index is 0.0487. The molecule has 0 aromatic heterocycles. The fourth-order valence-electron chi connectivity index (χ4n) is 1.93. The van der Waals surface area contributed by atoms with Crippen LogP contribution < -0.4 is 4.90 Å². The molecule has 6 heteroatoms. The molecule has 0 heterocycles. The van der Waals surface area contributed by atoms with Gasteiger partial charge in [0.1, 0.15) is 5.82 Å². The number of nitrogens with zero attached hydrogens (tertiary/aromatic N) is 2. The molecule has 0 saturated carbocycles. The van der Waals surface area contributed by atoms with Crippen LogP contribution in [0.4, 0.5) is 21.5 Å². The molecule has 0 aliphatic heterocycles. The van der Waals surface area contributed by atoms with Crippen LogP contribution in [0.15, 0.2) is 42.5 Å². The van der Waals surface area contributed by atoms with Gasteiger partial charge in [0, 0.05) is 29.7 Å². The third kappa shape index (κ3) is 2.80. The summed E-state index contributed by atoms with van der Waals surface area (Å²) in [5.74, 6) is -0.339. The fraction of sp³-hybridized carbons (Fsp3) is 0.143. The molecule has 0 aliphatic rings. The molecule has 0 unspecified atom stereocenters. The van der Waals surface area contributed by atoms with Crippen molar-refractivity contribution in [1.29, 1.82) is 0 Å². The third-order valence-corrected chi connectivity index (χ3v) is 3.61. The highest BCUT2D eigenvalue weighted by Gasteiger charge is 2.16. The Hall–Kier alpha value is -1.95. The summed E-state index contributed by atoms with van der Waals surface area (Å²) >= 11 is 3.23. The van der Waals surface area contributed by atoms with Crippen LogP contribution in [0.3, 0.4) is 0 Å². The Labute approximate surface area is 124 Å². The molecule has 2 rings (SSSR count). The lowest BCUT2D eigenvalue weighted by Crippen LogP contribution is -2.11. The molecular formula is C14H12BrFN2O2. The quantitative estimate of drug-likeness (QED) is 0.471. The maximum absolute atomic E-state index is 13.8. The van der Waals surface area contributed by atoms with E-state index in [0.717, 1.165) is 0 Å². The number of hydrogen-bond acceptors (Lipinski definition) is 3. The first-order valence-corrected chi connectivity index (χ1v) is 6.98. The summed E-state index contributed by atoms with van der Waals surface area (Å²) in [6.45, 7) is 0. The van der Waals surface area contributed by atoms with Gasteiger partial charge in [0.15, 0.2) is 0 Å². The minimum atomic E-state index is -0.427. The Morgan fingerprint density at radius 1 is 1.30 bits per heavy atom.